The monoisotopic (exact) mass is 247 g/mol. The van der Waals surface area contributed by atoms with Crippen LogP contribution in [0.4, 0.5) is 0 Å². The Morgan fingerprint density at radius 3 is 2.78 bits per heavy atom. The van der Waals surface area contributed by atoms with Crippen LogP contribution in [0.5, 0.6) is 17.2 Å². The predicted molar refractivity (Wildman–Crippen MR) is 63.0 cm³/mol. The van der Waals surface area contributed by atoms with Crippen LogP contribution in [-0.4, -0.2) is 26.4 Å². The van der Waals surface area contributed by atoms with E-state index in [4.69, 9.17) is 14.2 Å². The largest absolute Gasteiger partial charge is 0.496 e. The Hall–Kier alpha value is -2.00. The highest BCUT2D eigenvalue weighted by Crippen LogP contribution is 2.57. The van der Waals surface area contributed by atoms with Gasteiger partial charge < -0.3 is 14.2 Å². The van der Waals surface area contributed by atoms with Crippen molar-refractivity contribution in [1.29, 1.82) is 0 Å². The van der Waals surface area contributed by atoms with Crippen LogP contribution in [-0.2, 0) is 10.3 Å². The number of hydrogen-bond donors (Lipinski definition) is 0. The summed E-state index contributed by atoms with van der Waals surface area (Å²) in [4.78, 5) is 14.5. The molecule has 1 aromatic carbocycles. The van der Waals surface area contributed by atoms with Crippen molar-refractivity contribution in [1.82, 2.24) is 0 Å². The maximum absolute atomic E-state index is 10.6. The van der Waals surface area contributed by atoms with E-state index in [0.717, 1.165) is 18.4 Å². The van der Waals surface area contributed by atoms with Crippen LogP contribution in [0.1, 0.15) is 18.4 Å². The minimum absolute atomic E-state index is 0.494. The summed E-state index contributed by atoms with van der Waals surface area (Å²) in [7, 11) is 1.59. The highest BCUT2D eigenvalue weighted by Gasteiger charge is 2.50. The summed E-state index contributed by atoms with van der Waals surface area (Å²) >= 11 is 0. The smallest absolute Gasteiger partial charge is 0.235 e. The molecule has 2 aliphatic rings. The van der Waals surface area contributed by atoms with Gasteiger partial charge in [-0.25, -0.2) is 4.79 Å². The molecule has 1 aromatic rings. The van der Waals surface area contributed by atoms with Crippen LogP contribution in [0.3, 0.4) is 0 Å². The average Bonchev–Trinajstić information content (AvgIpc) is 3.18. The number of rotatable bonds is 3. The first-order valence-electron chi connectivity index (χ1n) is 5.87. The van der Waals surface area contributed by atoms with Crippen LogP contribution in [0.15, 0.2) is 17.1 Å². The minimum Gasteiger partial charge on any atom is -0.496 e. The Bertz CT molecular complexity index is 530. The Kier molecular flexibility index (Phi) is 2.49. The molecular formula is C13H13NO4. The third kappa shape index (κ3) is 1.56. The second kappa shape index (κ2) is 4.03. The molecule has 5 nitrogen and oxygen atoms in total. The van der Waals surface area contributed by atoms with Gasteiger partial charge in [0.2, 0.25) is 6.08 Å². The van der Waals surface area contributed by atoms with Crippen molar-refractivity contribution in [3.63, 3.8) is 0 Å². The third-order valence-electron chi connectivity index (χ3n) is 3.34. The number of fused-ring (bicyclic) bond motifs is 1. The summed E-state index contributed by atoms with van der Waals surface area (Å²) < 4.78 is 16.6. The maximum Gasteiger partial charge on any atom is 0.235 e. The SMILES string of the molecule is COc1ccc2c(c1C1(N=C=O)CC1)OCCO2. The molecule has 0 bridgehead atoms. The normalized spacial score (nSPS) is 18.7. The van der Waals surface area contributed by atoms with Crippen LogP contribution >= 0.6 is 0 Å². The van der Waals surface area contributed by atoms with Crippen LogP contribution < -0.4 is 14.2 Å². The van der Waals surface area contributed by atoms with Crippen molar-refractivity contribution in [3.05, 3.63) is 17.7 Å². The topological polar surface area (TPSA) is 57.1 Å². The quantitative estimate of drug-likeness (QED) is 0.603. The minimum atomic E-state index is -0.529. The van der Waals surface area contributed by atoms with Gasteiger partial charge in [0.1, 0.15) is 24.5 Å². The second-order valence-corrected chi connectivity index (χ2v) is 4.40. The number of hydrogen-bond acceptors (Lipinski definition) is 5. The number of isocyanates is 1. The molecule has 0 unspecified atom stereocenters. The summed E-state index contributed by atoms with van der Waals surface area (Å²) in [5.41, 5.74) is 0.282. The number of benzene rings is 1. The van der Waals surface area contributed by atoms with Gasteiger partial charge in [0.15, 0.2) is 11.5 Å². The van der Waals surface area contributed by atoms with E-state index in [1.165, 1.54) is 0 Å². The molecule has 0 N–H and O–H groups in total. The van der Waals surface area contributed by atoms with Gasteiger partial charge in [-0.05, 0) is 25.0 Å². The van der Waals surface area contributed by atoms with Crippen molar-refractivity contribution in [2.45, 2.75) is 18.4 Å². The first-order valence-corrected chi connectivity index (χ1v) is 5.87. The fraction of sp³-hybridized carbons (Fsp3) is 0.462. The first-order chi connectivity index (χ1) is 8.80. The van der Waals surface area contributed by atoms with E-state index in [1.807, 2.05) is 12.1 Å². The van der Waals surface area contributed by atoms with Gasteiger partial charge in [-0.3, -0.25) is 0 Å². The van der Waals surface area contributed by atoms with E-state index < -0.39 is 5.54 Å². The van der Waals surface area contributed by atoms with Crippen molar-refractivity contribution in [2.75, 3.05) is 20.3 Å². The molecule has 1 heterocycles. The summed E-state index contributed by atoms with van der Waals surface area (Å²) in [6.45, 7) is 1.02. The Morgan fingerprint density at radius 2 is 2.11 bits per heavy atom. The number of aliphatic imine (C=N–C) groups is 1. The van der Waals surface area contributed by atoms with Gasteiger partial charge in [0, 0.05) is 0 Å². The second-order valence-electron chi connectivity index (χ2n) is 4.40. The van der Waals surface area contributed by atoms with E-state index in [9.17, 15) is 4.79 Å². The summed E-state index contributed by atoms with van der Waals surface area (Å²) in [6.07, 6.45) is 3.26. The zero-order valence-corrected chi connectivity index (χ0v) is 10.1. The molecular weight excluding hydrogens is 234 g/mol. The molecule has 0 aromatic heterocycles. The summed E-state index contributed by atoms with van der Waals surface area (Å²) in [5, 5.41) is 0. The van der Waals surface area contributed by atoms with Gasteiger partial charge in [-0.15, -0.1) is 0 Å². The highest BCUT2D eigenvalue weighted by molar-refractivity contribution is 5.60. The van der Waals surface area contributed by atoms with Gasteiger partial charge in [-0.2, -0.15) is 4.99 Å². The predicted octanol–water partition coefficient (Wildman–Crippen LogP) is 1.79. The van der Waals surface area contributed by atoms with E-state index in [1.54, 1.807) is 13.2 Å². The molecule has 94 valence electrons. The van der Waals surface area contributed by atoms with Crippen molar-refractivity contribution in [2.24, 2.45) is 4.99 Å². The van der Waals surface area contributed by atoms with Crippen molar-refractivity contribution < 1.29 is 19.0 Å². The first kappa shape index (κ1) is 11.1. The number of ether oxygens (including phenoxy) is 3. The van der Waals surface area contributed by atoms with Crippen molar-refractivity contribution >= 4 is 6.08 Å². The van der Waals surface area contributed by atoms with E-state index in [-0.39, 0.29) is 0 Å². The maximum atomic E-state index is 10.6. The molecule has 0 atom stereocenters. The van der Waals surface area contributed by atoms with Gasteiger partial charge >= 0.3 is 0 Å². The fourth-order valence-electron chi connectivity index (χ4n) is 2.33. The highest BCUT2D eigenvalue weighted by atomic mass is 16.6. The number of methoxy groups -OCH3 is 1. The molecule has 0 spiro atoms. The van der Waals surface area contributed by atoms with Gasteiger partial charge in [0.25, 0.3) is 0 Å². The number of nitrogens with zero attached hydrogens (tertiary/aromatic N) is 1. The van der Waals surface area contributed by atoms with Crippen LogP contribution in [0.25, 0.3) is 0 Å². The molecule has 1 aliphatic carbocycles. The fourth-order valence-corrected chi connectivity index (χ4v) is 2.33. The third-order valence-corrected chi connectivity index (χ3v) is 3.34. The zero-order valence-electron chi connectivity index (χ0n) is 10.1. The molecule has 1 saturated carbocycles. The lowest BCUT2D eigenvalue weighted by molar-refractivity contribution is 0.167. The molecule has 18 heavy (non-hydrogen) atoms. The Morgan fingerprint density at radius 1 is 1.33 bits per heavy atom. The van der Waals surface area contributed by atoms with Crippen molar-refractivity contribution in [3.8, 4) is 17.2 Å². The van der Waals surface area contributed by atoms with Gasteiger partial charge in [-0.1, -0.05) is 0 Å². The van der Waals surface area contributed by atoms with E-state index in [2.05, 4.69) is 4.99 Å². The lowest BCUT2D eigenvalue weighted by Gasteiger charge is -2.24. The average molecular weight is 247 g/mol. The van der Waals surface area contributed by atoms with Crippen LogP contribution in [0, 0.1) is 0 Å². The molecule has 0 radical (unpaired) electrons. The lowest BCUT2D eigenvalue weighted by atomic mass is 10.0. The molecule has 3 rings (SSSR count). The standard InChI is InChI=1S/C13H13NO4/c1-16-9-2-3-10-12(18-7-6-17-10)11(9)13(4-5-13)14-8-15/h2-3H,4-7H2,1H3. The molecule has 1 aliphatic heterocycles. The molecule has 0 saturated heterocycles. The molecule has 5 heteroatoms. The van der Waals surface area contributed by atoms with Crippen LogP contribution in [0.2, 0.25) is 0 Å². The summed E-state index contributed by atoms with van der Waals surface area (Å²) in [6, 6.07) is 3.64. The molecule has 0 amide bonds. The molecule has 1 fully saturated rings. The zero-order chi connectivity index (χ0) is 12.6. The van der Waals surface area contributed by atoms with E-state index >= 15 is 0 Å². The van der Waals surface area contributed by atoms with Gasteiger partial charge in [0.05, 0.1) is 12.7 Å². The van der Waals surface area contributed by atoms with E-state index in [0.29, 0.717) is 30.5 Å². The number of carbonyl (C=O) groups excluding carboxylic acids is 1. The Labute approximate surface area is 104 Å². The lowest BCUT2D eigenvalue weighted by Crippen LogP contribution is -2.19. The summed E-state index contributed by atoms with van der Waals surface area (Å²) in [5.74, 6) is 2.01. The Balaban J connectivity index is 2.19.